The van der Waals surface area contributed by atoms with Crippen LogP contribution in [-0.2, 0) is 6.54 Å². The van der Waals surface area contributed by atoms with Crippen LogP contribution in [0.15, 0.2) is 83.1 Å². The number of carbonyl (C=O) groups excluding carboxylic acids is 1. The zero-order valence-corrected chi connectivity index (χ0v) is 18.7. The van der Waals surface area contributed by atoms with Crippen LogP contribution in [0.1, 0.15) is 23.1 Å². The van der Waals surface area contributed by atoms with Crippen LogP contribution in [0.2, 0.25) is 0 Å². The van der Waals surface area contributed by atoms with E-state index in [1.54, 1.807) is 34.0 Å². The number of hydrogen-bond acceptors (Lipinski definition) is 5. The number of nitrogens with zero attached hydrogens (tertiary/aromatic N) is 4. The fourth-order valence-corrected chi connectivity index (χ4v) is 4.45. The molecule has 164 valence electrons. The van der Waals surface area contributed by atoms with E-state index in [0.29, 0.717) is 34.5 Å². The van der Waals surface area contributed by atoms with Gasteiger partial charge in [0.1, 0.15) is 11.5 Å². The number of benzene rings is 2. The molecule has 0 atom stereocenters. The standard InChI is InChI=1S/C25H21N5O2S/c1-2-29(16-22-26-20-12-7-6-11-18(20)24(31)27-22)25(32)19-15-30(17-9-4-3-5-10-17)28-23(19)21-13-8-14-33-21/h3-15H,2,16H2,1H3,(H,26,27,31). The summed E-state index contributed by atoms with van der Waals surface area (Å²) in [7, 11) is 0. The van der Waals surface area contributed by atoms with Crippen LogP contribution in [0.4, 0.5) is 0 Å². The Morgan fingerprint density at radius 2 is 1.85 bits per heavy atom. The highest BCUT2D eigenvalue weighted by atomic mass is 32.1. The Bertz CT molecular complexity index is 1470. The van der Waals surface area contributed by atoms with Crippen LogP contribution >= 0.6 is 11.3 Å². The third-order valence-electron chi connectivity index (χ3n) is 5.39. The molecule has 0 saturated carbocycles. The van der Waals surface area contributed by atoms with Gasteiger partial charge in [-0.25, -0.2) is 9.67 Å². The monoisotopic (exact) mass is 455 g/mol. The van der Waals surface area contributed by atoms with Crippen molar-refractivity contribution < 1.29 is 4.79 Å². The Balaban J connectivity index is 1.52. The van der Waals surface area contributed by atoms with Gasteiger partial charge in [0.15, 0.2) is 0 Å². The van der Waals surface area contributed by atoms with Gasteiger partial charge < -0.3 is 9.88 Å². The first-order valence-corrected chi connectivity index (χ1v) is 11.5. The summed E-state index contributed by atoms with van der Waals surface area (Å²) in [4.78, 5) is 36.1. The normalized spacial score (nSPS) is 11.1. The van der Waals surface area contributed by atoms with Crippen molar-refractivity contribution >= 4 is 28.1 Å². The molecule has 3 aromatic heterocycles. The molecule has 0 spiro atoms. The Kier molecular flexibility index (Phi) is 5.58. The van der Waals surface area contributed by atoms with Crippen LogP contribution in [0.3, 0.4) is 0 Å². The van der Waals surface area contributed by atoms with E-state index in [9.17, 15) is 9.59 Å². The molecule has 8 heteroatoms. The van der Waals surface area contributed by atoms with Crippen molar-refractivity contribution in [3.05, 3.63) is 100 Å². The summed E-state index contributed by atoms with van der Waals surface area (Å²) in [6, 6.07) is 20.8. The number of nitrogens with one attached hydrogen (secondary N) is 1. The van der Waals surface area contributed by atoms with Crippen LogP contribution in [0, 0.1) is 0 Å². The Morgan fingerprint density at radius 3 is 2.61 bits per heavy atom. The molecule has 1 amide bonds. The molecule has 5 rings (SSSR count). The lowest BCUT2D eigenvalue weighted by atomic mass is 10.2. The second kappa shape index (κ2) is 8.84. The van der Waals surface area contributed by atoms with E-state index in [0.717, 1.165) is 10.6 Å². The molecule has 2 aromatic carbocycles. The van der Waals surface area contributed by atoms with E-state index >= 15 is 0 Å². The third kappa shape index (κ3) is 4.08. The van der Waals surface area contributed by atoms with Gasteiger partial charge in [0, 0.05) is 12.7 Å². The van der Waals surface area contributed by atoms with Gasteiger partial charge in [-0.15, -0.1) is 11.3 Å². The highest BCUT2D eigenvalue weighted by Crippen LogP contribution is 2.29. The number of amides is 1. The maximum Gasteiger partial charge on any atom is 0.258 e. The minimum Gasteiger partial charge on any atom is -0.331 e. The molecular formula is C25H21N5O2S. The predicted molar refractivity (Wildman–Crippen MR) is 130 cm³/mol. The van der Waals surface area contributed by atoms with Crippen molar-refractivity contribution in [2.75, 3.05) is 6.54 Å². The van der Waals surface area contributed by atoms with Gasteiger partial charge in [0.2, 0.25) is 0 Å². The molecule has 7 nitrogen and oxygen atoms in total. The topological polar surface area (TPSA) is 83.9 Å². The van der Waals surface area contributed by atoms with Crippen LogP contribution < -0.4 is 5.56 Å². The van der Waals surface area contributed by atoms with Gasteiger partial charge in [-0.05, 0) is 42.6 Å². The van der Waals surface area contributed by atoms with Crippen molar-refractivity contribution in [3.63, 3.8) is 0 Å². The van der Waals surface area contributed by atoms with Crippen molar-refractivity contribution in [1.29, 1.82) is 0 Å². The van der Waals surface area contributed by atoms with Crippen molar-refractivity contribution in [2.45, 2.75) is 13.5 Å². The quantitative estimate of drug-likeness (QED) is 0.409. The Morgan fingerprint density at radius 1 is 1.06 bits per heavy atom. The van der Waals surface area contributed by atoms with Crippen LogP contribution in [0.5, 0.6) is 0 Å². The number of aromatic nitrogens is 4. The molecule has 0 bridgehead atoms. The first-order chi connectivity index (χ1) is 16.1. The first-order valence-electron chi connectivity index (χ1n) is 10.6. The smallest absolute Gasteiger partial charge is 0.258 e. The van der Waals surface area contributed by atoms with E-state index in [-0.39, 0.29) is 18.0 Å². The fourth-order valence-electron chi connectivity index (χ4n) is 3.73. The fraction of sp³-hybridized carbons (Fsp3) is 0.120. The van der Waals surface area contributed by atoms with Crippen molar-refractivity contribution in [2.24, 2.45) is 0 Å². The maximum atomic E-state index is 13.6. The SMILES string of the molecule is CCN(Cc1nc2ccccc2c(=O)[nH]1)C(=O)c1cn(-c2ccccc2)nc1-c1cccs1. The van der Waals surface area contributed by atoms with E-state index < -0.39 is 0 Å². The van der Waals surface area contributed by atoms with E-state index in [1.807, 2.05) is 60.8 Å². The maximum absolute atomic E-state index is 13.6. The number of thiophene rings is 1. The lowest BCUT2D eigenvalue weighted by molar-refractivity contribution is 0.0749. The minimum absolute atomic E-state index is 0.168. The summed E-state index contributed by atoms with van der Waals surface area (Å²) in [5.74, 6) is 0.279. The minimum atomic E-state index is -0.213. The molecule has 5 aromatic rings. The molecule has 0 aliphatic heterocycles. The van der Waals surface area contributed by atoms with E-state index in [2.05, 4.69) is 9.97 Å². The number of aromatic amines is 1. The number of rotatable bonds is 6. The highest BCUT2D eigenvalue weighted by Gasteiger charge is 2.24. The largest absolute Gasteiger partial charge is 0.331 e. The number of para-hydroxylation sites is 2. The second-order valence-electron chi connectivity index (χ2n) is 7.50. The summed E-state index contributed by atoms with van der Waals surface area (Å²) in [5.41, 5.74) is 2.41. The number of hydrogen-bond donors (Lipinski definition) is 1. The van der Waals surface area contributed by atoms with Gasteiger partial charge in [-0.1, -0.05) is 36.4 Å². The third-order valence-corrected chi connectivity index (χ3v) is 6.27. The summed E-state index contributed by atoms with van der Waals surface area (Å²) in [6.45, 7) is 2.55. The van der Waals surface area contributed by atoms with Crippen molar-refractivity contribution in [1.82, 2.24) is 24.6 Å². The molecule has 0 saturated heterocycles. The number of fused-ring (bicyclic) bond motifs is 1. The highest BCUT2D eigenvalue weighted by molar-refractivity contribution is 7.13. The summed E-state index contributed by atoms with van der Waals surface area (Å²) in [6.07, 6.45) is 1.77. The molecule has 33 heavy (non-hydrogen) atoms. The molecule has 0 unspecified atom stereocenters. The lowest BCUT2D eigenvalue weighted by Crippen LogP contribution is -2.32. The summed E-state index contributed by atoms with van der Waals surface area (Å²) < 4.78 is 1.73. The van der Waals surface area contributed by atoms with Gasteiger partial charge in [0.25, 0.3) is 11.5 Å². The molecule has 1 N–H and O–H groups in total. The molecule has 0 radical (unpaired) electrons. The summed E-state index contributed by atoms with van der Waals surface area (Å²) >= 11 is 1.54. The molecule has 0 aliphatic rings. The molecule has 0 fully saturated rings. The molecular weight excluding hydrogens is 434 g/mol. The van der Waals surface area contributed by atoms with E-state index in [1.165, 1.54) is 11.3 Å². The summed E-state index contributed by atoms with van der Waals surface area (Å²) in [5, 5.41) is 7.22. The van der Waals surface area contributed by atoms with Gasteiger partial charge in [0.05, 0.1) is 33.6 Å². The zero-order chi connectivity index (χ0) is 22.8. The van der Waals surface area contributed by atoms with Crippen molar-refractivity contribution in [3.8, 4) is 16.3 Å². The number of carbonyl (C=O) groups is 1. The molecule has 0 aliphatic carbocycles. The number of H-pyrrole nitrogens is 1. The van der Waals surface area contributed by atoms with Crippen LogP contribution in [-0.4, -0.2) is 37.1 Å². The predicted octanol–water partition coefficient (Wildman–Crippen LogP) is 4.50. The lowest BCUT2D eigenvalue weighted by Gasteiger charge is -2.20. The zero-order valence-electron chi connectivity index (χ0n) is 17.9. The average Bonchev–Trinajstić information content (AvgIpc) is 3.53. The van der Waals surface area contributed by atoms with Gasteiger partial charge in [-0.2, -0.15) is 5.10 Å². The van der Waals surface area contributed by atoms with Gasteiger partial charge in [-0.3, -0.25) is 9.59 Å². The van der Waals surface area contributed by atoms with Crippen LogP contribution in [0.25, 0.3) is 27.2 Å². The first kappa shape index (κ1) is 20.8. The Hall–Kier alpha value is -4.04. The van der Waals surface area contributed by atoms with Gasteiger partial charge >= 0.3 is 0 Å². The second-order valence-corrected chi connectivity index (χ2v) is 8.45. The molecule has 3 heterocycles. The average molecular weight is 456 g/mol. The Labute approximate surface area is 194 Å². The van der Waals surface area contributed by atoms with E-state index in [4.69, 9.17) is 5.10 Å².